The van der Waals surface area contributed by atoms with Gasteiger partial charge in [0.15, 0.2) is 0 Å². The van der Waals surface area contributed by atoms with Crippen LogP contribution in [0.5, 0.6) is 0 Å². The van der Waals surface area contributed by atoms with Crippen molar-refractivity contribution in [2.45, 2.75) is 38.8 Å². The molecule has 23 heavy (non-hydrogen) atoms. The highest BCUT2D eigenvalue weighted by molar-refractivity contribution is 5.77. The molecule has 0 aliphatic carbocycles. The van der Waals surface area contributed by atoms with Crippen LogP contribution in [0.4, 0.5) is 5.82 Å². The zero-order valence-corrected chi connectivity index (χ0v) is 13.7. The lowest BCUT2D eigenvalue weighted by Crippen LogP contribution is -2.31. The fourth-order valence-corrected chi connectivity index (χ4v) is 3.18. The SMILES string of the molecule is CNc1cc([C@H]2CCCN2C(=O)CCn2nccc2C)ccn1. The first-order valence-electron chi connectivity index (χ1n) is 8.10. The fourth-order valence-electron chi connectivity index (χ4n) is 3.18. The van der Waals surface area contributed by atoms with E-state index in [9.17, 15) is 4.79 Å². The van der Waals surface area contributed by atoms with Crippen LogP contribution in [0, 0.1) is 6.92 Å². The summed E-state index contributed by atoms with van der Waals surface area (Å²) in [6.45, 7) is 3.48. The van der Waals surface area contributed by atoms with E-state index in [4.69, 9.17) is 0 Å². The fraction of sp³-hybridized carbons (Fsp3) is 0.471. The van der Waals surface area contributed by atoms with Crippen LogP contribution >= 0.6 is 0 Å². The molecule has 2 aromatic heterocycles. The maximum absolute atomic E-state index is 12.6. The third-order valence-electron chi connectivity index (χ3n) is 4.46. The predicted octanol–water partition coefficient (Wildman–Crippen LogP) is 2.38. The van der Waals surface area contributed by atoms with Crippen LogP contribution in [0.15, 0.2) is 30.6 Å². The molecule has 2 aromatic rings. The van der Waals surface area contributed by atoms with Crippen molar-refractivity contribution in [3.8, 4) is 0 Å². The first-order chi connectivity index (χ1) is 11.2. The van der Waals surface area contributed by atoms with Gasteiger partial charge >= 0.3 is 0 Å². The molecular weight excluding hydrogens is 290 g/mol. The Morgan fingerprint density at radius 1 is 1.39 bits per heavy atom. The van der Waals surface area contributed by atoms with Gasteiger partial charge in [-0.2, -0.15) is 5.10 Å². The number of pyridine rings is 1. The number of nitrogens with zero attached hydrogens (tertiary/aromatic N) is 4. The van der Waals surface area contributed by atoms with Crippen LogP contribution in [0.3, 0.4) is 0 Å². The summed E-state index contributed by atoms with van der Waals surface area (Å²) in [5.41, 5.74) is 2.24. The molecule has 3 rings (SSSR count). The van der Waals surface area contributed by atoms with Crippen molar-refractivity contribution in [1.82, 2.24) is 19.7 Å². The van der Waals surface area contributed by atoms with E-state index in [2.05, 4.69) is 15.4 Å². The van der Waals surface area contributed by atoms with Gasteiger partial charge in [-0.15, -0.1) is 0 Å². The Morgan fingerprint density at radius 2 is 2.26 bits per heavy atom. The maximum Gasteiger partial charge on any atom is 0.224 e. The van der Waals surface area contributed by atoms with E-state index in [1.54, 1.807) is 12.4 Å². The average Bonchev–Trinajstić information content (AvgIpc) is 3.21. The molecule has 0 unspecified atom stereocenters. The quantitative estimate of drug-likeness (QED) is 0.920. The summed E-state index contributed by atoms with van der Waals surface area (Å²) in [6, 6.07) is 6.17. The summed E-state index contributed by atoms with van der Waals surface area (Å²) in [4.78, 5) is 18.9. The van der Waals surface area contributed by atoms with E-state index in [1.165, 1.54) is 0 Å². The van der Waals surface area contributed by atoms with Crippen LogP contribution < -0.4 is 5.32 Å². The van der Waals surface area contributed by atoms with Crippen molar-refractivity contribution in [2.75, 3.05) is 18.9 Å². The molecule has 3 heterocycles. The number of carbonyl (C=O) groups is 1. The van der Waals surface area contributed by atoms with E-state index in [-0.39, 0.29) is 11.9 Å². The van der Waals surface area contributed by atoms with Crippen LogP contribution in [-0.4, -0.2) is 39.2 Å². The second-order valence-corrected chi connectivity index (χ2v) is 5.92. The number of carbonyl (C=O) groups excluding carboxylic acids is 1. The number of anilines is 1. The van der Waals surface area contributed by atoms with Crippen molar-refractivity contribution in [3.05, 3.63) is 41.9 Å². The molecule has 0 bridgehead atoms. The largest absolute Gasteiger partial charge is 0.373 e. The van der Waals surface area contributed by atoms with Gasteiger partial charge in [-0.3, -0.25) is 9.48 Å². The minimum absolute atomic E-state index is 0.163. The monoisotopic (exact) mass is 313 g/mol. The number of hydrogen-bond acceptors (Lipinski definition) is 4. The van der Waals surface area contributed by atoms with Crippen LogP contribution in [0.2, 0.25) is 0 Å². The molecule has 1 amide bonds. The highest BCUT2D eigenvalue weighted by Gasteiger charge is 2.29. The number of aromatic nitrogens is 3. The Labute approximate surface area is 136 Å². The standard InChI is InChI=1S/C17H23N5O/c1-13-5-9-20-22(13)11-7-17(23)21-10-3-4-15(21)14-6-8-19-16(12-14)18-2/h5-6,8-9,12,15H,3-4,7,10-11H2,1-2H3,(H,18,19)/t15-/m1/s1. The highest BCUT2D eigenvalue weighted by atomic mass is 16.2. The predicted molar refractivity (Wildman–Crippen MR) is 89.1 cm³/mol. The number of hydrogen-bond donors (Lipinski definition) is 1. The van der Waals surface area contributed by atoms with Crippen LogP contribution in [0.1, 0.15) is 36.6 Å². The minimum Gasteiger partial charge on any atom is -0.373 e. The van der Waals surface area contributed by atoms with Crippen molar-refractivity contribution in [1.29, 1.82) is 0 Å². The molecule has 0 radical (unpaired) electrons. The third-order valence-corrected chi connectivity index (χ3v) is 4.46. The van der Waals surface area contributed by atoms with Crippen molar-refractivity contribution in [3.63, 3.8) is 0 Å². The highest BCUT2D eigenvalue weighted by Crippen LogP contribution is 2.33. The summed E-state index contributed by atoms with van der Waals surface area (Å²) in [5.74, 6) is 1.04. The molecule has 6 nitrogen and oxygen atoms in total. The van der Waals surface area contributed by atoms with Gasteiger partial charge in [-0.05, 0) is 43.5 Å². The first-order valence-corrected chi connectivity index (χ1v) is 8.10. The minimum atomic E-state index is 0.163. The molecule has 0 saturated carbocycles. The van der Waals surface area contributed by atoms with Gasteiger partial charge in [0.25, 0.3) is 0 Å². The van der Waals surface area contributed by atoms with Gasteiger partial charge in [0.2, 0.25) is 5.91 Å². The molecule has 1 saturated heterocycles. The van der Waals surface area contributed by atoms with E-state index in [0.29, 0.717) is 13.0 Å². The molecule has 1 atom stereocenters. The van der Waals surface area contributed by atoms with E-state index >= 15 is 0 Å². The third kappa shape index (κ3) is 3.36. The number of aryl methyl sites for hydroxylation is 2. The average molecular weight is 313 g/mol. The van der Waals surface area contributed by atoms with Crippen LogP contribution in [0.25, 0.3) is 0 Å². The maximum atomic E-state index is 12.6. The normalized spacial score (nSPS) is 17.5. The first kappa shape index (κ1) is 15.5. The second kappa shape index (κ2) is 6.81. The van der Waals surface area contributed by atoms with Gasteiger partial charge in [-0.25, -0.2) is 4.98 Å². The van der Waals surface area contributed by atoms with E-state index in [1.807, 2.05) is 41.8 Å². The molecule has 1 fully saturated rings. The molecule has 1 N–H and O–H groups in total. The Hall–Kier alpha value is -2.37. The smallest absolute Gasteiger partial charge is 0.224 e. The summed E-state index contributed by atoms with van der Waals surface area (Å²) in [7, 11) is 1.86. The van der Waals surface area contributed by atoms with E-state index in [0.717, 1.165) is 36.5 Å². The molecule has 1 aliphatic rings. The topological polar surface area (TPSA) is 63.1 Å². The molecule has 0 aromatic carbocycles. The summed E-state index contributed by atoms with van der Waals surface area (Å²) < 4.78 is 1.88. The molecule has 122 valence electrons. The molecule has 0 spiro atoms. The Balaban J connectivity index is 1.68. The number of amides is 1. The lowest BCUT2D eigenvalue weighted by atomic mass is 10.1. The zero-order valence-electron chi connectivity index (χ0n) is 13.7. The molecule has 6 heteroatoms. The Bertz CT molecular complexity index is 681. The lowest BCUT2D eigenvalue weighted by molar-refractivity contribution is -0.132. The van der Waals surface area contributed by atoms with Gasteiger partial charge in [0.1, 0.15) is 5.82 Å². The number of likely N-dealkylation sites (tertiary alicyclic amines) is 1. The number of nitrogens with one attached hydrogen (secondary N) is 1. The summed E-state index contributed by atoms with van der Waals surface area (Å²) in [5, 5.41) is 7.30. The second-order valence-electron chi connectivity index (χ2n) is 5.92. The Morgan fingerprint density at radius 3 is 3.00 bits per heavy atom. The van der Waals surface area contributed by atoms with Gasteiger partial charge in [-0.1, -0.05) is 0 Å². The van der Waals surface area contributed by atoms with E-state index < -0.39 is 0 Å². The van der Waals surface area contributed by atoms with Gasteiger partial charge in [0.05, 0.1) is 6.04 Å². The van der Waals surface area contributed by atoms with Crippen molar-refractivity contribution < 1.29 is 4.79 Å². The number of rotatable bonds is 5. The van der Waals surface area contributed by atoms with Crippen LogP contribution in [-0.2, 0) is 11.3 Å². The zero-order chi connectivity index (χ0) is 16.2. The van der Waals surface area contributed by atoms with Gasteiger partial charge in [0, 0.05) is 44.6 Å². The molecule has 1 aliphatic heterocycles. The summed E-state index contributed by atoms with van der Waals surface area (Å²) >= 11 is 0. The van der Waals surface area contributed by atoms with Gasteiger partial charge < -0.3 is 10.2 Å². The summed E-state index contributed by atoms with van der Waals surface area (Å²) in [6.07, 6.45) is 6.13. The lowest BCUT2D eigenvalue weighted by Gasteiger charge is -2.25. The van der Waals surface area contributed by atoms with Crippen molar-refractivity contribution >= 4 is 11.7 Å². The van der Waals surface area contributed by atoms with Crippen molar-refractivity contribution in [2.24, 2.45) is 0 Å². The molecular formula is C17H23N5O. The Kier molecular flexibility index (Phi) is 4.60.